The molecule has 0 atom stereocenters. The first kappa shape index (κ1) is 16.0. The van der Waals surface area contributed by atoms with Crippen LogP contribution in [0.5, 0.6) is 0 Å². The molecule has 3 aliphatic rings. The highest BCUT2D eigenvalue weighted by Gasteiger charge is 2.41. The molecule has 3 fully saturated rings. The van der Waals surface area contributed by atoms with Crippen LogP contribution in [0.2, 0.25) is 0 Å². The maximum atomic E-state index is 12.9. The molecular formula is C17H23F3N4. The lowest BCUT2D eigenvalue weighted by molar-refractivity contribution is -0.179. The van der Waals surface area contributed by atoms with E-state index in [2.05, 4.69) is 5.32 Å². The molecule has 2 saturated carbocycles. The van der Waals surface area contributed by atoms with Crippen LogP contribution in [-0.4, -0.2) is 35.3 Å². The molecule has 1 saturated heterocycles. The minimum Gasteiger partial charge on any atom is -0.367 e. The van der Waals surface area contributed by atoms with Gasteiger partial charge in [-0.2, -0.15) is 13.2 Å². The summed E-state index contributed by atoms with van der Waals surface area (Å²) in [6.07, 6.45) is 0.769. The Morgan fingerprint density at radius 2 is 1.67 bits per heavy atom. The van der Waals surface area contributed by atoms with Gasteiger partial charge >= 0.3 is 6.18 Å². The zero-order valence-electron chi connectivity index (χ0n) is 13.9. The second-order valence-corrected chi connectivity index (χ2v) is 7.37. The van der Waals surface area contributed by atoms with Crippen molar-refractivity contribution < 1.29 is 13.2 Å². The Hall–Kier alpha value is -1.53. The molecule has 4 nitrogen and oxygen atoms in total. The predicted octanol–water partition coefficient (Wildman–Crippen LogP) is 4.02. The number of rotatable bonds is 4. The van der Waals surface area contributed by atoms with Crippen LogP contribution in [0.1, 0.15) is 55.8 Å². The molecule has 1 aromatic heterocycles. The van der Waals surface area contributed by atoms with Crippen molar-refractivity contribution in [2.45, 2.75) is 63.6 Å². The third-order valence-electron chi connectivity index (χ3n) is 5.26. The fraction of sp³-hybridized carbons (Fsp3) is 0.765. The minimum atomic E-state index is -4.08. The highest BCUT2D eigenvalue weighted by atomic mass is 19.4. The highest BCUT2D eigenvalue weighted by molar-refractivity contribution is 5.60. The Morgan fingerprint density at radius 3 is 2.21 bits per heavy atom. The minimum absolute atomic E-state index is 0.150. The van der Waals surface area contributed by atoms with E-state index in [9.17, 15) is 13.2 Å². The van der Waals surface area contributed by atoms with Gasteiger partial charge < -0.3 is 10.2 Å². The van der Waals surface area contributed by atoms with Gasteiger partial charge in [-0.3, -0.25) is 0 Å². The first-order valence-electron chi connectivity index (χ1n) is 8.88. The molecule has 1 N–H and O–H groups in total. The van der Waals surface area contributed by atoms with E-state index in [-0.39, 0.29) is 12.8 Å². The molecule has 4 rings (SSSR count). The van der Waals surface area contributed by atoms with Crippen molar-refractivity contribution in [2.75, 3.05) is 23.3 Å². The summed E-state index contributed by atoms with van der Waals surface area (Å²) in [6, 6.07) is 0.495. The number of piperidine rings is 1. The second-order valence-electron chi connectivity index (χ2n) is 7.37. The Labute approximate surface area is 139 Å². The molecule has 7 heteroatoms. The van der Waals surface area contributed by atoms with Crippen molar-refractivity contribution in [3.8, 4) is 0 Å². The number of aromatic nitrogens is 2. The fourth-order valence-electron chi connectivity index (χ4n) is 3.33. The number of anilines is 2. The van der Waals surface area contributed by atoms with Crippen LogP contribution in [0.4, 0.5) is 24.8 Å². The smallest absolute Gasteiger partial charge is 0.367 e. The average Bonchev–Trinajstić information content (AvgIpc) is 3.42. The summed E-state index contributed by atoms with van der Waals surface area (Å²) in [5, 5.41) is 3.46. The number of halogens is 3. The molecule has 2 aliphatic carbocycles. The Kier molecular flexibility index (Phi) is 3.84. The monoisotopic (exact) mass is 340 g/mol. The van der Waals surface area contributed by atoms with Gasteiger partial charge in [-0.1, -0.05) is 0 Å². The Morgan fingerprint density at radius 1 is 1.00 bits per heavy atom. The van der Waals surface area contributed by atoms with Crippen LogP contribution in [0.15, 0.2) is 0 Å². The molecule has 0 aromatic carbocycles. The van der Waals surface area contributed by atoms with Gasteiger partial charge in [0.15, 0.2) is 0 Å². The van der Waals surface area contributed by atoms with Gasteiger partial charge in [0.2, 0.25) is 0 Å². The molecule has 0 spiro atoms. The molecule has 0 bridgehead atoms. The average molecular weight is 340 g/mol. The van der Waals surface area contributed by atoms with Crippen LogP contribution in [0, 0.1) is 12.8 Å². The van der Waals surface area contributed by atoms with Crippen molar-refractivity contribution in [3.63, 3.8) is 0 Å². The van der Waals surface area contributed by atoms with Crippen molar-refractivity contribution >= 4 is 11.6 Å². The molecule has 0 unspecified atom stereocenters. The van der Waals surface area contributed by atoms with E-state index in [1.54, 1.807) is 0 Å². The van der Waals surface area contributed by atoms with Crippen LogP contribution >= 0.6 is 0 Å². The molecule has 24 heavy (non-hydrogen) atoms. The van der Waals surface area contributed by atoms with Crippen molar-refractivity contribution in [1.29, 1.82) is 0 Å². The SMILES string of the molecule is Cc1c(NC2CC2)nc(C2CC2)nc1N1CCC(C(F)(F)F)CC1. The summed E-state index contributed by atoms with van der Waals surface area (Å²) in [7, 11) is 0. The van der Waals surface area contributed by atoms with E-state index in [4.69, 9.17) is 9.97 Å². The van der Waals surface area contributed by atoms with Crippen LogP contribution in [-0.2, 0) is 0 Å². The maximum Gasteiger partial charge on any atom is 0.391 e. The first-order chi connectivity index (χ1) is 11.4. The normalized spacial score (nSPS) is 22.8. The first-order valence-corrected chi connectivity index (χ1v) is 8.88. The lowest BCUT2D eigenvalue weighted by atomic mass is 9.96. The van der Waals surface area contributed by atoms with Gasteiger partial charge in [0.05, 0.1) is 5.92 Å². The zero-order chi connectivity index (χ0) is 16.9. The lowest BCUT2D eigenvalue weighted by Gasteiger charge is -2.34. The number of nitrogens with zero attached hydrogens (tertiary/aromatic N) is 3. The third kappa shape index (κ3) is 3.30. The highest BCUT2D eigenvalue weighted by Crippen LogP contribution is 2.41. The van der Waals surface area contributed by atoms with E-state index >= 15 is 0 Å². The molecule has 1 aromatic rings. The second kappa shape index (κ2) is 5.77. The summed E-state index contributed by atoms with van der Waals surface area (Å²) in [5.41, 5.74) is 0.969. The summed E-state index contributed by atoms with van der Waals surface area (Å²) in [5.74, 6) is 1.81. The molecule has 0 radical (unpaired) electrons. The number of alkyl halides is 3. The molecule has 2 heterocycles. The van der Waals surface area contributed by atoms with Crippen LogP contribution in [0.25, 0.3) is 0 Å². The lowest BCUT2D eigenvalue weighted by Crippen LogP contribution is -2.40. The Balaban J connectivity index is 1.56. The van der Waals surface area contributed by atoms with E-state index in [1.165, 1.54) is 0 Å². The topological polar surface area (TPSA) is 41.1 Å². The third-order valence-corrected chi connectivity index (χ3v) is 5.26. The van der Waals surface area contributed by atoms with Gasteiger partial charge in [-0.15, -0.1) is 0 Å². The van der Waals surface area contributed by atoms with Crippen LogP contribution in [0.3, 0.4) is 0 Å². The number of nitrogens with one attached hydrogen (secondary N) is 1. The van der Waals surface area contributed by atoms with Gasteiger partial charge in [0.25, 0.3) is 0 Å². The van der Waals surface area contributed by atoms with Crippen molar-refractivity contribution in [1.82, 2.24) is 9.97 Å². The number of hydrogen-bond acceptors (Lipinski definition) is 4. The summed E-state index contributed by atoms with van der Waals surface area (Å²) >= 11 is 0. The van der Waals surface area contributed by atoms with Crippen molar-refractivity contribution in [3.05, 3.63) is 11.4 Å². The standard InChI is InChI=1S/C17H23F3N4/c1-10-14(21-13-4-5-13)22-15(11-2-3-11)23-16(10)24-8-6-12(7-9-24)17(18,19)20/h11-13H,2-9H2,1H3,(H,21,22,23). The largest absolute Gasteiger partial charge is 0.391 e. The van der Waals surface area contributed by atoms with E-state index in [1.807, 2.05) is 11.8 Å². The number of hydrogen-bond donors (Lipinski definition) is 1. The predicted molar refractivity (Wildman–Crippen MR) is 86.4 cm³/mol. The Bertz CT molecular complexity index is 615. The quantitative estimate of drug-likeness (QED) is 0.899. The maximum absolute atomic E-state index is 12.9. The van der Waals surface area contributed by atoms with Crippen molar-refractivity contribution in [2.24, 2.45) is 5.92 Å². The molecular weight excluding hydrogens is 317 g/mol. The zero-order valence-corrected chi connectivity index (χ0v) is 13.9. The van der Waals surface area contributed by atoms with E-state index in [0.717, 1.165) is 48.7 Å². The van der Waals surface area contributed by atoms with Gasteiger partial charge in [-0.25, -0.2) is 9.97 Å². The molecule has 132 valence electrons. The van der Waals surface area contributed by atoms with Gasteiger partial charge in [0, 0.05) is 30.6 Å². The molecule has 0 amide bonds. The summed E-state index contributed by atoms with van der Waals surface area (Å²) in [6.45, 7) is 2.80. The summed E-state index contributed by atoms with van der Waals surface area (Å²) in [4.78, 5) is 11.4. The fourth-order valence-corrected chi connectivity index (χ4v) is 3.33. The molecule has 1 aliphatic heterocycles. The van der Waals surface area contributed by atoms with Gasteiger partial charge in [-0.05, 0) is 45.4 Å². The van der Waals surface area contributed by atoms with Crippen LogP contribution < -0.4 is 10.2 Å². The van der Waals surface area contributed by atoms with E-state index < -0.39 is 12.1 Å². The van der Waals surface area contributed by atoms with E-state index in [0.29, 0.717) is 25.0 Å². The summed E-state index contributed by atoms with van der Waals surface area (Å²) < 4.78 is 38.7. The van der Waals surface area contributed by atoms with Gasteiger partial charge in [0.1, 0.15) is 17.5 Å².